The van der Waals surface area contributed by atoms with Crippen molar-refractivity contribution in [1.29, 1.82) is 0 Å². The number of ether oxygens (including phenoxy) is 2. The molecule has 0 saturated carbocycles. The summed E-state index contributed by atoms with van der Waals surface area (Å²) in [4.78, 5) is 26.3. The van der Waals surface area contributed by atoms with Crippen molar-refractivity contribution in [3.8, 4) is 11.5 Å². The molecular formula is C18H22N4O4. The highest BCUT2D eigenvalue weighted by Crippen LogP contribution is 2.26. The normalized spacial score (nSPS) is 13.5. The Kier molecular flexibility index (Phi) is 5.85. The second-order valence-corrected chi connectivity index (χ2v) is 5.87. The summed E-state index contributed by atoms with van der Waals surface area (Å²) in [5, 5.41) is 7.07. The number of hydrogen-bond donors (Lipinski definition) is 1. The van der Waals surface area contributed by atoms with Crippen LogP contribution in [0.15, 0.2) is 41.3 Å². The molecule has 2 aromatic rings. The number of hydrogen-bond acceptors (Lipinski definition) is 6. The number of nitrogens with one attached hydrogen (secondary N) is 1. The topological polar surface area (TPSA) is 85.7 Å². The van der Waals surface area contributed by atoms with Crippen LogP contribution < -0.4 is 25.2 Å². The van der Waals surface area contributed by atoms with E-state index in [4.69, 9.17) is 9.47 Å². The number of nitrogens with zero attached hydrogens (tertiary/aromatic N) is 3. The number of benzene rings is 1. The van der Waals surface area contributed by atoms with Crippen molar-refractivity contribution in [3.05, 3.63) is 46.9 Å². The fourth-order valence-electron chi connectivity index (χ4n) is 2.66. The molecule has 0 atom stereocenters. The Morgan fingerprint density at radius 3 is 2.96 bits per heavy atom. The summed E-state index contributed by atoms with van der Waals surface area (Å²) in [5.41, 5.74) is 0.0874. The van der Waals surface area contributed by atoms with Crippen molar-refractivity contribution >= 4 is 11.6 Å². The van der Waals surface area contributed by atoms with E-state index < -0.39 is 0 Å². The Morgan fingerprint density at radius 2 is 2.15 bits per heavy atom. The Hall–Kier alpha value is -2.87. The molecule has 0 unspecified atom stereocenters. The molecule has 1 aromatic carbocycles. The molecule has 0 spiro atoms. The molecule has 0 radical (unpaired) electrons. The first kappa shape index (κ1) is 17.9. The van der Waals surface area contributed by atoms with Crippen LogP contribution in [0.5, 0.6) is 11.5 Å². The zero-order chi connectivity index (χ0) is 18.4. The number of anilines is 1. The molecule has 1 aliphatic heterocycles. The van der Waals surface area contributed by atoms with E-state index in [1.54, 1.807) is 11.9 Å². The number of aryl methyl sites for hydroxylation is 1. The first-order valence-corrected chi connectivity index (χ1v) is 8.55. The molecule has 1 aromatic heterocycles. The lowest BCUT2D eigenvalue weighted by molar-refractivity contribution is -0.117. The van der Waals surface area contributed by atoms with E-state index in [0.29, 0.717) is 38.4 Å². The van der Waals surface area contributed by atoms with Crippen LogP contribution in [-0.4, -0.2) is 48.5 Å². The third-order valence-corrected chi connectivity index (χ3v) is 4.01. The van der Waals surface area contributed by atoms with Gasteiger partial charge < -0.3 is 19.7 Å². The van der Waals surface area contributed by atoms with E-state index in [-0.39, 0.29) is 23.8 Å². The van der Waals surface area contributed by atoms with Gasteiger partial charge in [0.15, 0.2) is 0 Å². The maximum Gasteiger partial charge on any atom is 0.311 e. The lowest BCUT2D eigenvalue weighted by Crippen LogP contribution is -2.40. The van der Waals surface area contributed by atoms with Gasteiger partial charge in [0.25, 0.3) is 0 Å². The number of carbonyl (C=O) groups excluding carboxylic acids is 1. The van der Waals surface area contributed by atoms with Crippen LogP contribution in [0.3, 0.4) is 0 Å². The zero-order valence-corrected chi connectivity index (χ0v) is 14.7. The highest BCUT2D eigenvalue weighted by atomic mass is 16.5. The van der Waals surface area contributed by atoms with Crippen molar-refractivity contribution in [2.45, 2.75) is 6.42 Å². The molecule has 3 rings (SSSR count). The van der Waals surface area contributed by atoms with Gasteiger partial charge in [0.2, 0.25) is 11.7 Å². The molecule has 0 bridgehead atoms. The van der Waals surface area contributed by atoms with Gasteiger partial charge in [-0.05, 0) is 18.6 Å². The van der Waals surface area contributed by atoms with Crippen molar-refractivity contribution in [2.75, 3.05) is 37.7 Å². The summed E-state index contributed by atoms with van der Waals surface area (Å²) in [7, 11) is 1.55. The van der Waals surface area contributed by atoms with Crippen LogP contribution in [0.1, 0.15) is 6.42 Å². The molecule has 1 N–H and O–H groups in total. The Morgan fingerprint density at radius 1 is 1.35 bits per heavy atom. The van der Waals surface area contributed by atoms with Gasteiger partial charge in [0.05, 0.1) is 19.3 Å². The Balaban J connectivity index is 1.55. The molecule has 8 nitrogen and oxygen atoms in total. The molecule has 0 saturated heterocycles. The summed E-state index contributed by atoms with van der Waals surface area (Å²) in [6, 6.07) is 9.50. The molecule has 2 heterocycles. The quantitative estimate of drug-likeness (QED) is 0.760. The average molecular weight is 358 g/mol. The fourth-order valence-corrected chi connectivity index (χ4v) is 2.66. The van der Waals surface area contributed by atoms with Gasteiger partial charge in [-0.15, -0.1) is 0 Å². The highest BCUT2D eigenvalue weighted by molar-refractivity contribution is 5.96. The summed E-state index contributed by atoms with van der Waals surface area (Å²) in [5.74, 6) is 0.841. The van der Waals surface area contributed by atoms with Gasteiger partial charge in [0.1, 0.15) is 18.0 Å². The average Bonchev–Trinajstić information content (AvgIpc) is 2.88. The molecule has 8 heteroatoms. The minimum absolute atomic E-state index is 0.133. The predicted octanol–water partition coefficient (Wildman–Crippen LogP) is 0.564. The van der Waals surface area contributed by atoms with Gasteiger partial charge in [0, 0.05) is 20.1 Å². The monoisotopic (exact) mass is 358 g/mol. The second-order valence-electron chi connectivity index (χ2n) is 5.87. The van der Waals surface area contributed by atoms with Crippen molar-refractivity contribution in [3.63, 3.8) is 0 Å². The van der Waals surface area contributed by atoms with Gasteiger partial charge in [-0.2, -0.15) is 5.10 Å². The van der Waals surface area contributed by atoms with E-state index in [9.17, 15) is 9.59 Å². The highest BCUT2D eigenvalue weighted by Gasteiger charge is 2.25. The molecule has 1 aliphatic rings. The van der Waals surface area contributed by atoms with Crippen molar-refractivity contribution < 1.29 is 14.3 Å². The molecule has 26 heavy (non-hydrogen) atoms. The van der Waals surface area contributed by atoms with Crippen LogP contribution in [0, 0.1) is 0 Å². The smallest absolute Gasteiger partial charge is 0.311 e. The second kappa shape index (κ2) is 8.48. The SMILES string of the molecule is Cn1ncc2c(c1=O)OCCCN2C(=O)CNCCOc1ccccc1. The lowest BCUT2D eigenvalue weighted by Gasteiger charge is -2.21. The molecule has 1 amide bonds. The van der Waals surface area contributed by atoms with Gasteiger partial charge >= 0.3 is 5.56 Å². The van der Waals surface area contributed by atoms with Gasteiger partial charge in [-0.1, -0.05) is 18.2 Å². The van der Waals surface area contributed by atoms with Crippen molar-refractivity contribution in [2.24, 2.45) is 7.05 Å². The number of carbonyl (C=O) groups is 1. The number of amides is 1. The predicted molar refractivity (Wildman–Crippen MR) is 96.7 cm³/mol. The largest absolute Gasteiger partial charge is 0.492 e. The summed E-state index contributed by atoms with van der Waals surface area (Å²) in [6.07, 6.45) is 2.15. The van der Waals surface area contributed by atoms with Crippen LogP contribution in [0.2, 0.25) is 0 Å². The standard InChI is InChI=1S/C18H22N4O4/c1-21-18(24)17-15(12-20-21)22(9-5-10-26-17)16(23)13-19-8-11-25-14-6-3-2-4-7-14/h2-4,6-7,12,19H,5,8-11,13H2,1H3. The van der Waals surface area contributed by atoms with E-state index in [2.05, 4.69) is 10.4 Å². The molecular weight excluding hydrogens is 336 g/mol. The van der Waals surface area contributed by atoms with E-state index in [1.807, 2.05) is 30.3 Å². The zero-order valence-electron chi connectivity index (χ0n) is 14.7. The van der Waals surface area contributed by atoms with Crippen LogP contribution in [-0.2, 0) is 11.8 Å². The molecule has 0 aliphatic carbocycles. The third-order valence-electron chi connectivity index (χ3n) is 4.01. The molecule has 138 valence electrons. The van der Waals surface area contributed by atoms with Crippen molar-refractivity contribution in [1.82, 2.24) is 15.1 Å². The lowest BCUT2D eigenvalue weighted by atomic mass is 10.3. The number of rotatable bonds is 6. The summed E-state index contributed by atoms with van der Waals surface area (Å²) in [6.45, 7) is 2.02. The van der Waals surface area contributed by atoms with Crippen LogP contribution in [0.25, 0.3) is 0 Å². The van der Waals surface area contributed by atoms with Gasteiger partial charge in [-0.25, -0.2) is 4.68 Å². The summed E-state index contributed by atoms with van der Waals surface area (Å²) < 4.78 is 12.3. The van der Waals surface area contributed by atoms with Crippen LogP contribution >= 0.6 is 0 Å². The maximum absolute atomic E-state index is 12.6. The fraction of sp³-hybridized carbons (Fsp3) is 0.389. The first-order chi connectivity index (χ1) is 12.7. The first-order valence-electron chi connectivity index (χ1n) is 8.55. The van der Waals surface area contributed by atoms with E-state index >= 15 is 0 Å². The number of fused-ring (bicyclic) bond motifs is 1. The third kappa shape index (κ3) is 4.20. The minimum Gasteiger partial charge on any atom is -0.492 e. The summed E-state index contributed by atoms with van der Waals surface area (Å²) >= 11 is 0. The van der Waals surface area contributed by atoms with Crippen LogP contribution in [0.4, 0.5) is 5.69 Å². The minimum atomic E-state index is -0.341. The molecule has 0 fully saturated rings. The van der Waals surface area contributed by atoms with E-state index in [1.165, 1.54) is 10.9 Å². The number of para-hydroxylation sites is 1. The Labute approximate surface area is 151 Å². The number of aromatic nitrogens is 2. The maximum atomic E-state index is 12.6. The van der Waals surface area contributed by atoms with Gasteiger partial charge in [-0.3, -0.25) is 9.59 Å². The Bertz CT molecular complexity index is 807. The van der Waals surface area contributed by atoms with E-state index in [0.717, 1.165) is 5.75 Å².